The normalized spacial score (nSPS) is 11.8. The van der Waals surface area contributed by atoms with Crippen molar-refractivity contribution in [1.29, 1.82) is 0 Å². The Morgan fingerprint density at radius 2 is 2.00 bits per heavy atom. The summed E-state index contributed by atoms with van der Waals surface area (Å²) in [6.07, 6.45) is 2.90. The van der Waals surface area contributed by atoms with E-state index in [2.05, 4.69) is 15.1 Å². The molecule has 0 aliphatic carbocycles. The van der Waals surface area contributed by atoms with Gasteiger partial charge in [0.05, 0.1) is 30.3 Å². The monoisotopic (exact) mass is 307 g/mol. The van der Waals surface area contributed by atoms with Crippen LogP contribution in [0.25, 0.3) is 11.3 Å². The zero-order valence-electron chi connectivity index (χ0n) is 11.6. The third-order valence-corrected chi connectivity index (χ3v) is 3.19. The molecule has 0 aromatic carbocycles. The number of pyridine rings is 1. The number of imidazole rings is 1. The summed E-state index contributed by atoms with van der Waals surface area (Å²) in [5, 5.41) is 3.70. The summed E-state index contributed by atoms with van der Waals surface area (Å²) in [7, 11) is 1.64. The van der Waals surface area contributed by atoms with Crippen molar-refractivity contribution in [3.8, 4) is 11.3 Å². The van der Waals surface area contributed by atoms with Gasteiger partial charge in [-0.15, -0.1) is 0 Å². The standard InChI is InChI=1S/C14H12F3N5/c1-21-9-19-6-12(21)11-8-22(20-13(11)14(15,16)17)7-10-3-2-4-18-5-10/h2-6,8-9H,7H2,1H3. The van der Waals surface area contributed by atoms with Gasteiger partial charge in [-0.1, -0.05) is 6.07 Å². The van der Waals surface area contributed by atoms with Gasteiger partial charge in [0.1, 0.15) is 0 Å². The quantitative estimate of drug-likeness (QED) is 0.747. The molecule has 0 fully saturated rings. The molecule has 3 aromatic heterocycles. The van der Waals surface area contributed by atoms with E-state index in [4.69, 9.17) is 0 Å². The first kappa shape index (κ1) is 14.3. The van der Waals surface area contributed by atoms with Gasteiger partial charge in [0.15, 0.2) is 5.69 Å². The molecule has 3 aromatic rings. The second-order valence-electron chi connectivity index (χ2n) is 4.84. The van der Waals surface area contributed by atoms with Gasteiger partial charge in [-0.25, -0.2) is 4.98 Å². The van der Waals surface area contributed by atoms with Crippen LogP contribution in [0.4, 0.5) is 13.2 Å². The van der Waals surface area contributed by atoms with E-state index in [1.807, 2.05) is 0 Å². The fourth-order valence-electron chi connectivity index (χ4n) is 2.19. The van der Waals surface area contributed by atoms with E-state index in [1.165, 1.54) is 28.0 Å². The van der Waals surface area contributed by atoms with Crippen molar-refractivity contribution in [2.24, 2.45) is 7.05 Å². The minimum atomic E-state index is -4.53. The molecule has 0 N–H and O–H groups in total. The molecule has 0 radical (unpaired) electrons. The van der Waals surface area contributed by atoms with Crippen molar-refractivity contribution in [2.75, 3.05) is 0 Å². The predicted molar refractivity (Wildman–Crippen MR) is 72.8 cm³/mol. The fraction of sp³-hybridized carbons (Fsp3) is 0.214. The highest BCUT2D eigenvalue weighted by molar-refractivity contribution is 5.61. The van der Waals surface area contributed by atoms with Crippen LogP contribution in [-0.4, -0.2) is 24.3 Å². The molecule has 8 heteroatoms. The van der Waals surface area contributed by atoms with Crippen molar-refractivity contribution in [1.82, 2.24) is 24.3 Å². The largest absolute Gasteiger partial charge is 0.435 e. The molecule has 0 atom stereocenters. The van der Waals surface area contributed by atoms with E-state index in [0.29, 0.717) is 5.69 Å². The first-order chi connectivity index (χ1) is 10.4. The molecule has 0 saturated heterocycles. The van der Waals surface area contributed by atoms with Crippen molar-refractivity contribution in [2.45, 2.75) is 12.7 Å². The molecule has 0 saturated carbocycles. The number of hydrogen-bond acceptors (Lipinski definition) is 3. The Balaban J connectivity index is 2.04. The molecule has 0 aliphatic rings. The lowest BCUT2D eigenvalue weighted by molar-refractivity contribution is -0.141. The fourth-order valence-corrected chi connectivity index (χ4v) is 2.19. The summed E-state index contributed by atoms with van der Waals surface area (Å²) in [5.74, 6) is 0. The molecule has 0 spiro atoms. The van der Waals surface area contributed by atoms with Crippen molar-refractivity contribution in [3.63, 3.8) is 0 Å². The summed E-state index contributed by atoms with van der Waals surface area (Å²) < 4.78 is 42.4. The average Bonchev–Trinajstić information content (AvgIpc) is 3.05. The van der Waals surface area contributed by atoms with Crippen LogP contribution in [0.2, 0.25) is 0 Å². The maximum Gasteiger partial charge on any atom is 0.435 e. The second-order valence-corrected chi connectivity index (χ2v) is 4.84. The Labute approximate surface area is 124 Å². The highest BCUT2D eigenvalue weighted by Crippen LogP contribution is 2.35. The van der Waals surface area contributed by atoms with Gasteiger partial charge >= 0.3 is 6.18 Å². The first-order valence-electron chi connectivity index (χ1n) is 6.45. The molecule has 0 amide bonds. The minimum Gasteiger partial charge on any atom is -0.334 e. The van der Waals surface area contributed by atoms with E-state index < -0.39 is 11.9 Å². The van der Waals surface area contributed by atoms with Gasteiger partial charge < -0.3 is 4.57 Å². The van der Waals surface area contributed by atoms with E-state index in [0.717, 1.165) is 5.56 Å². The number of rotatable bonds is 3. The Morgan fingerprint density at radius 1 is 1.18 bits per heavy atom. The minimum absolute atomic E-state index is 0.0105. The SMILES string of the molecule is Cn1cncc1-c1cn(Cc2cccnc2)nc1C(F)(F)F. The van der Waals surface area contributed by atoms with Crippen molar-refractivity contribution in [3.05, 3.63) is 54.5 Å². The summed E-state index contributed by atoms with van der Waals surface area (Å²) in [6.45, 7) is 0.217. The maximum atomic E-state index is 13.2. The summed E-state index contributed by atoms with van der Waals surface area (Å²) >= 11 is 0. The van der Waals surface area contributed by atoms with Crippen LogP contribution in [0.15, 0.2) is 43.2 Å². The molecule has 0 aliphatic heterocycles. The summed E-state index contributed by atoms with van der Waals surface area (Å²) in [6, 6.07) is 3.51. The highest BCUT2D eigenvalue weighted by atomic mass is 19.4. The topological polar surface area (TPSA) is 48.5 Å². The molecule has 0 bridgehead atoms. The van der Waals surface area contributed by atoms with Crippen LogP contribution in [0.5, 0.6) is 0 Å². The van der Waals surface area contributed by atoms with Crippen LogP contribution in [0, 0.1) is 0 Å². The number of aryl methyl sites for hydroxylation is 1. The smallest absolute Gasteiger partial charge is 0.334 e. The molecule has 3 rings (SSSR count). The van der Waals surface area contributed by atoms with Crippen molar-refractivity contribution >= 4 is 0 Å². The first-order valence-corrected chi connectivity index (χ1v) is 6.45. The predicted octanol–water partition coefficient (Wildman–Crippen LogP) is 2.75. The molecular weight excluding hydrogens is 295 g/mol. The zero-order valence-corrected chi connectivity index (χ0v) is 11.6. The Hall–Kier alpha value is -2.64. The molecule has 5 nitrogen and oxygen atoms in total. The van der Waals surface area contributed by atoms with Gasteiger partial charge in [0, 0.05) is 25.6 Å². The van der Waals surface area contributed by atoms with Crippen LogP contribution >= 0.6 is 0 Å². The van der Waals surface area contributed by atoms with E-state index >= 15 is 0 Å². The van der Waals surface area contributed by atoms with Crippen molar-refractivity contribution < 1.29 is 13.2 Å². The van der Waals surface area contributed by atoms with E-state index in [1.54, 1.807) is 31.6 Å². The van der Waals surface area contributed by atoms with Gasteiger partial charge in [-0.05, 0) is 11.6 Å². The Morgan fingerprint density at radius 3 is 2.59 bits per heavy atom. The molecule has 3 heterocycles. The number of alkyl halides is 3. The molecule has 114 valence electrons. The molecule has 22 heavy (non-hydrogen) atoms. The maximum absolute atomic E-state index is 13.2. The van der Waals surface area contributed by atoms with Crippen LogP contribution in [-0.2, 0) is 19.8 Å². The Bertz CT molecular complexity index is 773. The number of aromatic nitrogens is 5. The van der Waals surface area contributed by atoms with Gasteiger partial charge in [0.25, 0.3) is 0 Å². The summed E-state index contributed by atoms with van der Waals surface area (Å²) in [4.78, 5) is 7.81. The van der Waals surface area contributed by atoms with Gasteiger partial charge in [-0.2, -0.15) is 18.3 Å². The van der Waals surface area contributed by atoms with Gasteiger partial charge in [-0.3, -0.25) is 9.67 Å². The van der Waals surface area contributed by atoms with Crippen LogP contribution in [0.1, 0.15) is 11.3 Å². The molecular formula is C14H12F3N5. The zero-order chi connectivity index (χ0) is 15.7. The highest BCUT2D eigenvalue weighted by Gasteiger charge is 2.38. The lowest BCUT2D eigenvalue weighted by Gasteiger charge is -2.06. The van der Waals surface area contributed by atoms with Crippen LogP contribution in [0.3, 0.4) is 0 Å². The third kappa shape index (κ3) is 2.72. The molecule has 0 unspecified atom stereocenters. The number of halogens is 3. The van der Waals surface area contributed by atoms with Gasteiger partial charge in [0.2, 0.25) is 0 Å². The number of hydrogen-bond donors (Lipinski definition) is 0. The lowest BCUT2D eigenvalue weighted by Crippen LogP contribution is -2.10. The third-order valence-electron chi connectivity index (χ3n) is 3.19. The average molecular weight is 307 g/mol. The lowest BCUT2D eigenvalue weighted by atomic mass is 10.2. The van der Waals surface area contributed by atoms with Crippen LogP contribution < -0.4 is 0 Å². The Kier molecular flexibility index (Phi) is 3.44. The van der Waals surface area contributed by atoms with E-state index in [9.17, 15) is 13.2 Å². The second kappa shape index (κ2) is 5.28. The number of nitrogens with zero attached hydrogens (tertiary/aromatic N) is 5. The van der Waals surface area contributed by atoms with E-state index in [-0.39, 0.29) is 12.1 Å². The summed E-state index contributed by atoms with van der Waals surface area (Å²) in [5.41, 5.74) is 0.233.